The van der Waals surface area contributed by atoms with Gasteiger partial charge in [0.05, 0.1) is 19.0 Å². The molecule has 0 unspecified atom stereocenters. The lowest BCUT2D eigenvalue weighted by Gasteiger charge is -2.27. The van der Waals surface area contributed by atoms with Crippen LogP contribution in [0.2, 0.25) is 5.15 Å². The molecular formula is C18H19ClN4O4S. The largest absolute Gasteiger partial charge is 0.454 e. The predicted octanol–water partition coefficient (Wildman–Crippen LogP) is 2.10. The van der Waals surface area contributed by atoms with E-state index in [0.29, 0.717) is 35.8 Å². The summed E-state index contributed by atoms with van der Waals surface area (Å²) in [6.07, 6.45) is 0. The fourth-order valence-corrected chi connectivity index (χ4v) is 3.75. The van der Waals surface area contributed by atoms with Crippen LogP contribution in [0.25, 0.3) is 0 Å². The minimum Gasteiger partial charge on any atom is -0.454 e. The highest BCUT2D eigenvalue weighted by Gasteiger charge is 2.16. The van der Waals surface area contributed by atoms with Gasteiger partial charge in [-0.2, -0.15) is 0 Å². The van der Waals surface area contributed by atoms with Crippen molar-refractivity contribution in [3.63, 3.8) is 0 Å². The summed E-state index contributed by atoms with van der Waals surface area (Å²) in [5, 5.41) is 3.72. The number of halogens is 1. The van der Waals surface area contributed by atoms with Crippen molar-refractivity contribution in [1.82, 2.24) is 15.3 Å². The average molecular weight is 423 g/mol. The van der Waals surface area contributed by atoms with Gasteiger partial charge in [0.2, 0.25) is 12.7 Å². The highest BCUT2D eigenvalue weighted by Crippen LogP contribution is 2.32. The van der Waals surface area contributed by atoms with Gasteiger partial charge < -0.3 is 24.4 Å². The second kappa shape index (κ2) is 8.85. The van der Waals surface area contributed by atoms with Gasteiger partial charge in [0.25, 0.3) is 0 Å². The van der Waals surface area contributed by atoms with Crippen LogP contribution in [0.3, 0.4) is 0 Å². The van der Waals surface area contributed by atoms with E-state index < -0.39 is 0 Å². The Morgan fingerprint density at radius 3 is 2.86 bits per heavy atom. The van der Waals surface area contributed by atoms with Gasteiger partial charge >= 0.3 is 0 Å². The Morgan fingerprint density at radius 2 is 2.00 bits per heavy atom. The first-order valence-corrected chi connectivity index (χ1v) is 10.2. The zero-order valence-electron chi connectivity index (χ0n) is 15.0. The molecule has 1 aromatic carbocycles. The molecule has 148 valence electrons. The Hall–Kier alpha value is -2.23. The standard InChI is InChI=1S/C18H19ClN4O4S/c19-15-8-16(23-3-5-25-6-4-23)22-18(21-15)28-10-17(24)20-9-12-1-2-13-14(7-12)27-11-26-13/h1-2,7-8H,3-6,9-11H2,(H,20,24). The van der Waals surface area contributed by atoms with Crippen LogP contribution in [0.15, 0.2) is 29.4 Å². The second-order valence-corrected chi connectivity index (χ2v) is 7.51. The molecule has 0 aliphatic carbocycles. The molecule has 1 N–H and O–H groups in total. The third-order valence-corrected chi connectivity index (χ3v) is 5.30. The first kappa shape index (κ1) is 19.1. The van der Waals surface area contributed by atoms with E-state index in [0.717, 1.165) is 30.2 Å². The molecule has 1 saturated heterocycles. The molecule has 2 aliphatic heterocycles. The van der Waals surface area contributed by atoms with Crippen molar-refractivity contribution in [2.45, 2.75) is 11.7 Å². The molecule has 2 aromatic rings. The number of nitrogens with one attached hydrogen (secondary N) is 1. The van der Waals surface area contributed by atoms with Gasteiger partial charge in [-0.1, -0.05) is 29.4 Å². The number of nitrogens with zero attached hydrogens (tertiary/aromatic N) is 3. The summed E-state index contributed by atoms with van der Waals surface area (Å²) in [6.45, 7) is 3.47. The van der Waals surface area contributed by atoms with Crippen LogP contribution < -0.4 is 19.7 Å². The molecular weight excluding hydrogens is 404 g/mol. The maximum Gasteiger partial charge on any atom is 0.231 e. The second-order valence-electron chi connectivity index (χ2n) is 6.18. The molecule has 2 aliphatic rings. The topological polar surface area (TPSA) is 85.8 Å². The van der Waals surface area contributed by atoms with Crippen LogP contribution in [0.5, 0.6) is 11.5 Å². The van der Waals surface area contributed by atoms with Crippen molar-refractivity contribution in [2.75, 3.05) is 43.7 Å². The Balaban J connectivity index is 1.30. The van der Waals surface area contributed by atoms with Crippen molar-refractivity contribution < 1.29 is 19.0 Å². The smallest absolute Gasteiger partial charge is 0.231 e. The number of hydrogen-bond acceptors (Lipinski definition) is 8. The first-order valence-electron chi connectivity index (χ1n) is 8.83. The number of morpholine rings is 1. The minimum atomic E-state index is -0.112. The van der Waals surface area contributed by atoms with Crippen LogP contribution in [0, 0.1) is 0 Å². The number of ether oxygens (including phenoxy) is 3. The molecule has 0 radical (unpaired) electrons. The van der Waals surface area contributed by atoms with Crippen LogP contribution in [-0.4, -0.2) is 54.7 Å². The number of aromatic nitrogens is 2. The summed E-state index contributed by atoms with van der Waals surface area (Å²) in [7, 11) is 0. The third-order valence-electron chi connectivity index (χ3n) is 4.25. The van der Waals surface area contributed by atoms with E-state index >= 15 is 0 Å². The van der Waals surface area contributed by atoms with Gasteiger partial charge in [0.1, 0.15) is 11.0 Å². The van der Waals surface area contributed by atoms with Gasteiger partial charge in [-0.25, -0.2) is 9.97 Å². The number of anilines is 1. The number of hydrogen-bond donors (Lipinski definition) is 1. The fourth-order valence-electron chi connectivity index (χ4n) is 2.84. The van der Waals surface area contributed by atoms with Crippen molar-refractivity contribution >= 4 is 35.1 Å². The van der Waals surface area contributed by atoms with E-state index in [-0.39, 0.29) is 18.5 Å². The SMILES string of the molecule is O=C(CSc1nc(Cl)cc(N2CCOCC2)n1)NCc1ccc2c(c1)OCO2. The van der Waals surface area contributed by atoms with E-state index in [4.69, 9.17) is 25.8 Å². The summed E-state index contributed by atoms with van der Waals surface area (Å²) in [5.74, 6) is 2.27. The summed E-state index contributed by atoms with van der Waals surface area (Å²) < 4.78 is 16.0. The molecule has 0 atom stereocenters. The lowest BCUT2D eigenvalue weighted by Crippen LogP contribution is -2.36. The van der Waals surface area contributed by atoms with Gasteiger partial charge in [0, 0.05) is 25.7 Å². The third kappa shape index (κ3) is 4.78. The van der Waals surface area contributed by atoms with Crippen molar-refractivity contribution in [3.05, 3.63) is 35.0 Å². The number of thioether (sulfide) groups is 1. The Kier molecular flexibility index (Phi) is 6.04. The van der Waals surface area contributed by atoms with Gasteiger partial charge in [-0.05, 0) is 17.7 Å². The molecule has 10 heteroatoms. The summed E-state index contributed by atoms with van der Waals surface area (Å²) in [6, 6.07) is 7.34. The number of fused-ring (bicyclic) bond motifs is 1. The van der Waals surface area contributed by atoms with Crippen molar-refractivity contribution in [1.29, 1.82) is 0 Å². The molecule has 0 spiro atoms. The maximum absolute atomic E-state index is 12.2. The lowest BCUT2D eigenvalue weighted by atomic mass is 10.2. The molecule has 3 heterocycles. The van der Waals surface area contributed by atoms with Crippen LogP contribution >= 0.6 is 23.4 Å². The van der Waals surface area contributed by atoms with Crippen molar-refractivity contribution in [3.8, 4) is 11.5 Å². The number of rotatable bonds is 6. The predicted molar refractivity (Wildman–Crippen MR) is 105 cm³/mol. The minimum absolute atomic E-state index is 0.112. The molecule has 8 nitrogen and oxygen atoms in total. The van der Waals surface area contributed by atoms with Gasteiger partial charge in [-0.3, -0.25) is 4.79 Å². The van der Waals surface area contributed by atoms with E-state index in [1.54, 1.807) is 6.07 Å². The summed E-state index contributed by atoms with van der Waals surface area (Å²) in [5.41, 5.74) is 0.941. The highest BCUT2D eigenvalue weighted by molar-refractivity contribution is 7.99. The number of carbonyl (C=O) groups excluding carboxylic acids is 1. The van der Waals surface area contributed by atoms with Gasteiger partial charge in [-0.15, -0.1) is 0 Å². The van der Waals surface area contributed by atoms with Crippen LogP contribution in [0.4, 0.5) is 5.82 Å². The number of amides is 1. The summed E-state index contributed by atoms with van der Waals surface area (Å²) >= 11 is 7.38. The lowest BCUT2D eigenvalue weighted by molar-refractivity contribution is -0.118. The molecule has 0 saturated carbocycles. The van der Waals surface area contributed by atoms with E-state index in [9.17, 15) is 4.79 Å². The monoisotopic (exact) mass is 422 g/mol. The highest BCUT2D eigenvalue weighted by atomic mass is 35.5. The molecule has 1 fully saturated rings. The molecule has 4 rings (SSSR count). The molecule has 1 aromatic heterocycles. The normalized spacial score (nSPS) is 15.5. The van der Waals surface area contributed by atoms with Crippen LogP contribution in [-0.2, 0) is 16.1 Å². The number of benzene rings is 1. The van der Waals surface area contributed by atoms with Crippen molar-refractivity contribution in [2.24, 2.45) is 0 Å². The fraction of sp³-hybridized carbons (Fsp3) is 0.389. The summed E-state index contributed by atoms with van der Waals surface area (Å²) in [4.78, 5) is 23.0. The van der Waals surface area contributed by atoms with E-state index in [1.807, 2.05) is 18.2 Å². The Labute approximate surface area is 171 Å². The molecule has 1 amide bonds. The van der Waals surface area contributed by atoms with E-state index in [1.165, 1.54) is 11.8 Å². The molecule has 28 heavy (non-hydrogen) atoms. The van der Waals surface area contributed by atoms with E-state index in [2.05, 4.69) is 20.2 Å². The molecule has 0 bridgehead atoms. The Bertz CT molecular complexity index is 863. The quantitative estimate of drug-likeness (QED) is 0.430. The zero-order chi connectivity index (χ0) is 19.3. The Morgan fingerprint density at radius 1 is 1.18 bits per heavy atom. The zero-order valence-corrected chi connectivity index (χ0v) is 16.6. The first-order chi connectivity index (χ1) is 13.7. The number of carbonyl (C=O) groups is 1. The van der Waals surface area contributed by atoms with Crippen LogP contribution in [0.1, 0.15) is 5.56 Å². The maximum atomic E-state index is 12.2. The average Bonchev–Trinajstić information content (AvgIpc) is 3.19. The van der Waals surface area contributed by atoms with Gasteiger partial charge in [0.15, 0.2) is 16.7 Å².